The minimum absolute atomic E-state index is 0. The first-order chi connectivity index (χ1) is 6.81. The molecular weight excluding hydrogens is 210 g/mol. The summed E-state index contributed by atoms with van der Waals surface area (Å²) < 4.78 is 0. The lowest BCUT2D eigenvalue weighted by Gasteiger charge is -2.17. The predicted molar refractivity (Wildman–Crippen MR) is 63.4 cm³/mol. The Labute approximate surface area is 96.9 Å². The van der Waals surface area contributed by atoms with Gasteiger partial charge in [-0.25, -0.2) is 9.97 Å². The van der Waals surface area contributed by atoms with Gasteiger partial charge < -0.3 is 5.73 Å². The highest BCUT2D eigenvalue weighted by Gasteiger charge is 2.14. The molecule has 1 aliphatic rings. The maximum absolute atomic E-state index is 5.51. The highest BCUT2D eigenvalue weighted by molar-refractivity contribution is 5.85. The van der Waals surface area contributed by atoms with Gasteiger partial charge in [-0.3, -0.25) is 0 Å². The maximum atomic E-state index is 5.51. The third kappa shape index (κ3) is 2.67. The second kappa shape index (κ2) is 5.42. The topological polar surface area (TPSA) is 51.8 Å². The molecule has 0 amide bonds. The van der Waals surface area contributed by atoms with Crippen molar-refractivity contribution < 1.29 is 0 Å². The molecule has 0 saturated heterocycles. The molecule has 2 rings (SSSR count). The number of rotatable bonds is 2. The molecular formula is C11H18ClN3. The maximum Gasteiger partial charge on any atom is 0.130 e. The van der Waals surface area contributed by atoms with Crippen molar-refractivity contribution in [3.05, 3.63) is 22.8 Å². The Morgan fingerprint density at radius 3 is 2.67 bits per heavy atom. The minimum Gasteiger partial charge on any atom is -0.330 e. The Morgan fingerprint density at radius 1 is 1.20 bits per heavy atom. The minimum atomic E-state index is 0. The summed E-state index contributed by atoms with van der Waals surface area (Å²) in [5, 5.41) is 0. The molecule has 1 heterocycles. The normalized spacial score (nSPS) is 14.3. The quantitative estimate of drug-likeness (QED) is 0.835. The van der Waals surface area contributed by atoms with Crippen molar-refractivity contribution in [2.75, 3.05) is 6.54 Å². The average molecular weight is 228 g/mol. The number of aryl methyl sites for hydroxylation is 2. The first kappa shape index (κ1) is 12.4. The molecule has 2 N–H and O–H groups in total. The summed E-state index contributed by atoms with van der Waals surface area (Å²) in [5.41, 5.74) is 9.33. The van der Waals surface area contributed by atoms with Gasteiger partial charge >= 0.3 is 0 Å². The van der Waals surface area contributed by atoms with Crippen LogP contribution in [0.4, 0.5) is 0 Å². The number of nitrogens with two attached hydrogens (primary N) is 1. The molecule has 15 heavy (non-hydrogen) atoms. The van der Waals surface area contributed by atoms with E-state index in [0.29, 0.717) is 6.54 Å². The van der Waals surface area contributed by atoms with E-state index in [1.165, 1.54) is 24.1 Å². The van der Waals surface area contributed by atoms with E-state index >= 15 is 0 Å². The van der Waals surface area contributed by atoms with E-state index in [0.717, 1.165) is 30.8 Å². The van der Waals surface area contributed by atoms with Gasteiger partial charge in [-0.05, 0) is 44.7 Å². The molecule has 0 spiro atoms. The van der Waals surface area contributed by atoms with E-state index in [-0.39, 0.29) is 12.4 Å². The summed E-state index contributed by atoms with van der Waals surface area (Å²) >= 11 is 0. The fraction of sp³-hybridized carbons (Fsp3) is 0.636. The van der Waals surface area contributed by atoms with E-state index in [1.807, 2.05) is 0 Å². The smallest absolute Gasteiger partial charge is 0.130 e. The highest BCUT2D eigenvalue weighted by Crippen LogP contribution is 2.21. The van der Waals surface area contributed by atoms with Crippen molar-refractivity contribution in [1.29, 1.82) is 0 Å². The summed E-state index contributed by atoms with van der Waals surface area (Å²) in [6.07, 6.45) is 5.63. The lowest BCUT2D eigenvalue weighted by atomic mass is 9.95. The fourth-order valence-electron chi connectivity index (χ4n) is 2.09. The van der Waals surface area contributed by atoms with Crippen LogP contribution >= 0.6 is 12.4 Å². The Balaban J connectivity index is 0.00000112. The molecule has 0 saturated carbocycles. The van der Waals surface area contributed by atoms with Crippen molar-refractivity contribution in [3.8, 4) is 0 Å². The van der Waals surface area contributed by atoms with Gasteiger partial charge in [0.15, 0.2) is 0 Å². The Morgan fingerprint density at radius 2 is 1.93 bits per heavy atom. The number of halogens is 1. The first-order valence-corrected chi connectivity index (χ1v) is 5.36. The molecule has 0 atom stereocenters. The zero-order chi connectivity index (χ0) is 9.97. The van der Waals surface area contributed by atoms with E-state index in [4.69, 9.17) is 5.73 Å². The molecule has 4 heteroatoms. The zero-order valence-electron chi connectivity index (χ0n) is 9.12. The van der Waals surface area contributed by atoms with Gasteiger partial charge in [-0.1, -0.05) is 0 Å². The Bertz CT molecular complexity index is 339. The molecule has 1 aromatic heterocycles. The largest absolute Gasteiger partial charge is 0.330 e. The number of hydrogen-bond acceptors (Lipinski definition) is 3. The van der Waals surface area contributed by atoms with Crippen LogP contribution in [-0.2, 0) is 19.3 Å². The summed E-state index contributed by atoms with van der Waals surface area (Å²) in [4.78, 5) is 9.06. The van der Waals surface area contributed by atoms with Crippen LogP contribution in [0.3, 0.4) is 0 Å². The second-order valence-electron chi connectivity index (χ2n) is 3.90. The molecule has 1 aliphatic carbocycles. The van der Waals surface area contributed by atoms with Gasteiger partial charge in [-0.15, -0.1) is 12.4 Å². The Hall–Kier alpha value is -0.670. The van der Waals surface area contributed by atoms with Crippen LogP contribution in [-0.4, -0.2) is 16.5 Å². The average Bonchev–Trinajstić information content (AvgIpc) is 2.18. The van der Waals surface area contributed by atoms with E-state index in [2.05, 4.69) is 16.9 Å². The van der Waals surface area contributed by atoms with Crippen LogP contribution in [0.1, 0.15) is 35.6 Å². The van der Waals surface area contributed by atoms with Gasteiger partial charge in [0.2, 0.25) is 0 Å². The first-order valence-electron chi connectivity index (χ1n) is 5.36. The van der Waals surface area contributed by atoms with Crippen LogP contribution in [0.2, 0.25) is 0 Å². The third-order valence-corrected chi connectivity index (χ3v) is 2.80. The van der Waals surface area contributed by atoms with Gasteiger partial charge in [0.1, 0.15) is 5.82 Å². The van der Waals surface area contributed by atoms with E-state index in [1.54, 1.807) is 0 Å². The zero-order valence-corrected chi connectivity index (χ0v) is 9.94. The summed E-state index contributed by atoms with van der Waals surface area (Å²) in [7, 11) is 0. The molecule has 3 nitrogen and oxygen atoms in total. The van der Waals surface area contributed by atoms with Gasteiger partial charge in [0.25, 0.3) is 0 Å². The summed E-state index contributed by atoms with van der Waals surface area (Å²) in [6, 6.07) is 0. The van der Waals surface area contributed by atoms with E-state index in [9.17, 15) is 0 Å². The highest BCUT2D eigenvalue weighted by atomic mass is 35.5. The summed E-state index contributed by atoms with van der Waals surface area (Å²) in [6.45, 7) is 2.73. The number of fused-ring (bicyclic) bond motifs is 1. The lowest BCUT2D eigenvalue weighted by Crippen LogP contribution is -2.14. The van der Waals surface area contributed by atoms with Crippen molar-refractivity contribution in [3.63, 3.8) is 0 Å². The van der Waals surface area contributed by atoms with Crippen molar-refractivity contribution in [1.82, 2.24) is 9.97 Å². The van der Waals surface area contributed by atoms with Crippen molar-refractivity contribution in [2.45, 2.75) is 39.0 Å². The molecule has 1 aromatic rings. The molecule has 0 aliphatic heterocycles. The fourth-order valence-corrected chi connectivity index (χ4v) is 2.09. The van der Waals surface area contributed by atoms with Crippen molar-refractivity contribution in [2.24, 2.45) is 5.73 Å². The molecule has 0 aromatic carbocycles. The lowest BCUT2D eigenvalue weighted by molar-refractivity contribution is 0.646. The van der Waals surface area contributed by atoms with Gasteiger partial charge in [-0.2, -0.15) is 0 Å². The number of nitrogens with zero attached hydrogens (tertiary/aromatic N) is 2. The number of hydrogen-bond donors (Lipinski definition) is 1. The van der Waals surface area contributed by atoms with Crippen LogP contribution < -0.4 is 5.73 Å². The second-order valence-corrected chi connectivity index (χ2v) is 3.90. The van der Waals surface area contributed by atoms with Gasteiger partial charge in [0.05, 0.1) is 0 Å². The van der Waals surface area contributed by atoms with Crippen LogP contribution in [0, 0.1) is 6.92 Å². The van der Waals surface area contributed by atoms with E-state index < -0.39 is 0 Å². The Kier molecular flexibility index (Phi) is 4.48. The van der Waals surface area contributed by atoms with Crippen molar-refractivity contribution >= 4 is 12.4 Å². The number of aromatic nitrogens is 2. The van der Waals surface area contributed by atoms with Crippen LogP contribution in [0.25, 0.3) is 0 Å². The summed E-state index contributed by atoms with van der Waals surface area (Å²) in [5.74, 6) is 0.922. The molecule has 0 unspecified atom stereocenters. The predicted octanol–water partition coefficient (Wildman–Crippen LogP) is 1.59. The molecule has 0 radical (unpaired) electrons. The molecule has 84 valence electrons. The van der Waals surface area contributed by atoms with Crippen LogP contribution in [0.5, 0.6) is 0 Å². The standard InChI is InChI=1S/C11H17N3.ClH/c1-8-9-4-2-3-5-10(9)14-11(13-8)6-7-12;/h2-7,12H2,1H3;1H. The monoisotopic (exact) mass is 227 g/mol. The van der Waals surface area contributed by atoms with Gasteiger partial charge in [0, 0.05) is 17.8 Å². The molecule has 0 bridgehead atoms. The SMILES string of the molecule is Cc1nc(CCN)nc2c1CCCC2.Cl. The molecule has 0 fully saturated rings. The third-order valence-electron chi connectivity index (χ3n) is 2.80. The van der Waals surface area contributed by atoms with Crippen LogP contribution in [0.15, 0.2) is 0 Å².